The molecule has 0 bridgehead atoms. The van der Waals surface area contributed by atoms with Gasteiger partial charge in [0.2, 0.25) is 0 Å². The number of benzene rings is 3. The highest BCUT2D eigenvalue weighted by molar-refractivity contribution is 5.22. The van der Waals surface area contributed by atoms with Gasteiger partial charge in [-0.2, -0.15) is 0 Å². The van der Waals surface area contributed by atoms with Crippen molar-refractivity contribution in [2.75, 3.05) is 32.7 Å². The third kappa shape index (κ3) is 5.57. The van der Waals surface area contributed by atoms with Gasteiger partial charge < -0.3 is 10.0 Å². The summed E-state index contributed by atoms with van der Waals surface area (Å²) in [7, 11) is 0. The molecule has 0 saturated carbocycles. The van der Waals surface area contributed by atoms with Crippen LogP contribution in [0.1, 0.15) is 41.6 Å². The van der Waals surface area contributed by atoms with E-state index in [-0.39, 0.29) is 11.7 Å². The van der Waals surface area contributed by atoms with Gasteiger partial charge in [-0.05, 0) is 66.6 Å². The molecule has 2 aliphatic rings. The molecule has 34 heavy (non-hydrogen) atoms. The van der Waals surface area contributed by atoms with Gasteiger partial charge in [-0.1, -0.05) is 72.8 Å². The predicted octanol–water partition coefficient (Wildman–Crippen LogP) is 5.49. The van der Waals surface area contributed by atoms with Crippen molar-refractivity contribution in [3.8, 4) is 0 Å². The van der Waals surface area contributed by atoms with Crippen molar-refractivity contribution in [3.63, 3.8) is 0 Å². The first kappa shape index (κ1) is 23.2. The Morgan fingerprint density at radius 2 is 1.44 bits per heavy atom. The van der Waals surface area contributed by atoms with Crippen LogP contribution in [0.4, 0.5) is 4.39 Å². The van der Waals surface area contributed by atoms with Gasteiger partial charge in [0.15, 0.2) is 0 Å². The number of nitrogens with zero attached hydrogens (tertiary/aromatic N) is 2. The van der Waals surface area contributed by atoms with E-state index in [1.54, 1.807) is 12.1 Å². The first-order valence-corrected chi connectivity index (χ1v) is 12.6. The van der Waals surface area contributed by atoms with E-state index in [1.807, 2.05) is 30.3 Å². The molecule has 0 aliphatic carbocycles. The molecule has 3 atom stereocenters. The lowest BCUT2D eigenvalue weighted by atomic mass is 9.85. The number of hydrogen-bond acceptors (Lipinski definition) is 3. The van der Waals surface area contributed by atoms with E-state index in [9.17, 15) is 9.50 Å². The third-order valence-corrected chi connectivity index (χ3v) is 7.78. The molecule has 0 radical (unpaired) electrons. The summed E-state index contributed by atoms with van der Waals surface area (Å²) in [6.45, 7) is 6.01. The molecule has 0 amide bonds. The van der Waals surface area contributed by atoms with Gasteiger partial charge in [0.1, 0.15) is 5.82 Å². The molecule has 2 fully saturated rings. The van der Waals surface area contributed by atoms with Crippen LogP contribution in [-0.4, -0.2) is 47.6 Å². The Hall–Kier alpha value is -2.53. The van der Waals surface area contributed by atoms with Crippen LogP contribution in [0.5, 0.6) is 0 Å². The van der Waals surface area contributed by atoms with Crippen LogP contribution in [0.15, 0.2) is 84.9 Å². The number of aliphatic hydroxyl groups is 1. The first-order valence-electron chi connectivity index (χ1n) is 12.6. The average molecular weight is 459 g/mol. The maximum atomic E-state index is 13.3. The van der Waals surface area contributed by atoms with Crippen LogP contribution >= 0.6 is 0 Å². The minimum atomic E-state index is -0.441. The largest absolute Gasteiger partial charge is 0.388 e. The standard InChI is InChI=1S/C30H35FN2O/c31-28-13-11-24(12-14-28)25-15-17-32(18-16-25)20-27-21-33(19-23-7-3-1-4-8-23)22-29(27)30(34)26-9-5-2-6-10-26/h1-14,25,27,29-30,34H,15-22H2/t27?,29-,30?/m1/s1. The van der Waals surface area contributed by atoms with Crippen molar-refractivity contribution in [3.05, 3.63) is 107 Å². The van der Waals surface area contributed by atoms with Gasteiger partial charge in [0.05, 0.1) is 6.10 Å². The summed E-state index contributed by atoms with van der Waals surface area (Å²) in [5.74, 6) is 1.01. The van der Waals surface area contributed by atoms with E-state index in [0.717, 1.165) is 57.7 Å². The molecule has 0 aromatic heterocycles. The molecule has 3 aromatic carbocycles. The topological polar surface area (TPSA) is 26.7 Å². The maximum Gasteiger partial charge on any atom is 0.123 e. The maximum absolute atomic E-state index is 13.3. The number of halogens is 1. The highest BCUT2D eigenvalue weighted by Gasteiger charge is 2.39. The summed E-state index contributed by atoms with van der Waals surface area (Å²) < 4.78 is 13.3. The number of aliphatic hydroxyl groups excluding tert-OH is 1. The minimum Gasteiger partial charge on any atom is -0.388 e. The predicted molar refractivity (Wildman–Crippen MR) is 135 cm³/mol. The smallest absolute Gasteiger partial charge is 0.123 e. The lowest BCUT2D eigenvalue weighted by Gasteiger charge is -2.35. The Bertz CT molecular complexity index is 1020. The molecule has 2 heterocycles. The van der Waals surface area contributed by atoms with Gasteiger partial charge in [-0.25, -0.2) is 4.39 Å². The zero-order valence-electron chi connectivity index (χ0n) is 19.8. The van der Waals surface area contributed by atoms with Crippen molar-refractivity contribution >= 4 is 0 Å². The van der Waals surface area contributed by atoms with Crippen LogP contribution in [0.3, 0.4) is 0 Å². The van der Waals surface area contributed by atoms with Crippen molar-refractivity contribution in [2.45, 2.75) is 31.4 Å². The lowest BCUT2D eigenvalue weighted by molar-refractivity contribution is 0.0737. The second-order valence-corrected chi connectivity index (χ2v) is 10.1. The molecule has 0 spiro atoms. The molecule has 5 rings (SSSR count). The molecular weight excluding hydrogens is 423 g/mol. The SMILES string of the molecule is OC(c1ccccc1)[C@@H]1CN(Cc2ccccc2)CC1CN1CCC(c2ccc(F)cc2)CC1. The second kappa shape index (κ2) is 10.8. The lowest BCUT2D eigenvalue weighted by Crippen LogP contribution is -2.39. The minimum absolute atomic E-state index is 0.162. The van der Waals surface area contributed by atoms with Crippen LogP contribution < -0.4 is 0 Å². The normalized spacial score (nSPS) is 23.2. The molecule has 3 aromatic rings. The van der Waals surface area contributed by atoms with Crippen LogP contribution in [0, 0.1) is 17.7 Å². The molecule has 1 N–H and O–H groups in total. The summed E-state index contributed by atoms with van der Waals surface area (Å²) >= 11 is 0. The van der Waals surface area contributed by atoms with Crippen LogP contribution in [-0.2, 0) is 6.54 Å². The van der Waals surface area contributed by atoms with Crippen molar-refractivity contribution < 1.29 is 9.50 Å². The van der Waals surface area contributed by atoms with Crippen molar-refractivity contribution in [1.29, 1.82) is 0 Å². The molecule has 2 unspecified atom stereocenters. The Labute approximate surface area is 202 Å². The fourth-order valence-electron chi connectivity index (χ4n) is 5.92. The highest BCUT2D eigenvalue weighted by atomic mass is 19.1. The number of likely N-dealkylation sites (tertiary alicyclic amines) is 2. The van der Waals surface area contributed by atoms with Crippen LogP contribution in [0.25, 0.3) is 0 Å². The molecular formula is C30H35FN2O. The van der Waals surface area contributed by atoms with E-state index in [2.05, 4.69) is 52.3 Å². The van der Waals surface area contributed by atoms with Gasteiger partial charge in [-0.3, -0.25) is 4.90 Å². The molecule has 4 heteroatoms. The van der Waals surface area contributed by atoms with Gasteiger partial charge in [-0.15, -0.1) is 0 Å². The van der Waals surface area contributed by atoms with Gasteiger partial charge in [0, 0.05) is 32.1 Å². The summed E-state index contributed by atoms with van der Waals surface area (Å²) in [5, 5.41) is 11.3. The summed E-state index contributed by atoms with van der Waals surface area (Å²) in [6, 6.07) is 27.8. The molecule has 178 valence electrons. The zero-order valence-corrected chi connectivity index (χ0v) is 19.8. The van der Waals surface area contributed by atoms with E-state index in [1.165, 1.54) is 11.1 Å². The Morgan fingerprint density at radius 1 is 0.794 bits per heavy atom. The number of piperidine rings is 1. The molecule has 2 aliphatic heterocycles. The first-order chi connectivity index (χ1) is 16.7. The van der Waals surface area contributed by atoms with E-state index in [4.69, 9.17) is 0 Å². The van der Waals surface area contributed by atoms with E-state index >= 15 is 0 Å². The Morgan fingerprint density at radius 3 is 2.12 bits per heavy atom. The van der Waals surface area contributed by atoms with E-state index in [0.29, 0.717) is 11.8 Å². The van der Waals surface area contributed by atoms with Gasteiger partial charge >= 0.3 is 0 Å². The molecule has 3 nitrogen and oxygen atoms in total. The fourth-order valence-corrected chi connectivity index (χ4v) is 5.92. The average Bonchev–Trinajstić information content (AvgIpc) is 3.27. The summed E-state index contributed by atoms with van der Waals surface area (Å²) in [4.78, 5) is 5.10. The van der Waals surface area contributed by atoms with E-state index < -0.39 is 6.10 Å². The van der Waals surface area contributed by atoms with Crippen molar-refractivity contribution in [1.82, 2.24) is 9.80 Å². The summed E-state index contributed by atoms with van der Waals surface area (Å²) in [6.07, 6.45) is 1.78. The highest BCUT2D eigenvalue weighted by Crippen LogP contribution is 2.37. The zero-order chi connectivity index (χ0) is 23.3. The Balaban J connectivity index is 1.24. The fraction of sp³-hybridized carbons (Fsp3) is 0.400. The quantitative estimate of drug-likeness (QED) is 0.507. The van der Waals surface area contributed by atoms with Crippen LogP contribution in [0.2, 0.25) is 0 Å². The number of rotatable bonds is 7. The monoisotopic (exact) mass is 458 g/mol. The second-order valence-electron chi connectivity index (χ2n) is 10.1. The van der Waals surface area contributed by atoms with Crippen molar-refractivity contribution in [2.24, 2.45) is 11.8 Å². The third-order valence-electron chi connectivity index (χ3n) is 7.78. The Kier molecular flexibility index (Phi) is 7.39. The number of hydrogen-bond donors (Lipinski definition) is 1. The summed E-state index contributed by atoms with van der Waals surface area (Å²) in [5.41, 5.74) is 3.61. The van der Waals surface area contributed by atoms with Gasteiger partial charge in [0.25, 0.3) is 0 Å². The molecule has 2 saturated heterocycles.